The molecule has 52 heavy (non-hydrogen) atoms. The Balaban J connectivity index is 0.00000104. The van der Waals surface area contributed by atoms with Gasteiger partial charge in [-0.3, -0.25) is 14.6 Å². The van der Waals surface area contributed by atoms with E-state index in [9.17, 15) is 24.3 Å². The number of aliphatic carboxylic acids is 2. The molecule has 2 aromatic heterocycles. The van der Waals surface area contributed by atoms with Crippen LogP contribution in [0.4, 0.5) is 11.4 Å². The zero-order chi connectivity index (χ0) is 38.8. The third kappa shape index (κ3) is 15.5. The van der Waals surface area contributed by atoms with Crippen LogP contribution in [0.5, 0.6) is 23.0 Å². The Morgan fingerprint density at radius 3 is 1.62 bits per heavy atom. The molecule has 4 N–H and O–H groups in total. The highest BCUT2D eigenvalue weighted by Crippen LogP contribution is 2.33. The molecule has 0 aliphatic rings. The van der Waals surface area contributed by atoms with Crippen LogP contribution in [-0.4, -0.2) is 60.3 Å². The SMILES string of the molecule is CC(C)COc1ccncc1NC(=O)c1cc(C(=O)Nc2c[nH+]ccc2OCC(C)C)c(OCC(C)C)cc1OCC(C)C.O=C([O-])/C=C/C(=O)O. The third-order valence-corrected chi connectivity index (χ3v) is 6.32. The van der Waals surface area contributed by atoms with Crippen molar-refractivity contribution in [2.45, 2.75) is 55.4 Å². The van der Waals surface area contributed by atoms with Crippen molar-refractivity contribution in [2.24, 2.45) is 23.7 Å². The molecule has 0 unspecified atom stereocenters. The zero-order valence-electron chi connectivity index (χ0n) is 31.0. The minimum Gasteiger partial charge on any atom is -0.545 e. The molecule has 2 amide bonds. The van der Waals surface area contributed by atoms with Crippen LogP contribution in [0.2, 0.25) is 0 Å². The molecule has 0 aliphatic carbocycles. The first kappa shape index (κ1) is 42.5. The van der Waals surface area contributed by atoms with Crippen molar-refractivity contribution in [1.29, 1.82) is 0 Å². The molecule has 0 radical (unpaired) electrons. The first-order chi connectivity index (χ1) is 24.6. The molecular formula is C38H50N4O10. The summed E-state index contributed by atoms with van der Waals surface area (Å²) in [6.45, 7) is 17.9. The van der Waals surface area contributed by atoms with Gasteiger partial charge in [0.25, 0.3) is 11.8 Å². The summed E-state index contributed by atoms with van der Waals surface area (Å²) in [7, 11) is 0. The van der Waals surface area contributed by atoms with Gasteiger partial charge < -0.3 is 44.6 Å². The van der Waals surface area contributed by atoms with Gasteiger partial charge in [0.1, 0.15) is 28.6 Å². The number of carbonyl (C=O) groups excluding carboxylic acids is 3. The number of hydrogen-bond acceptors (Lipinski definition) is 10. The number of pyridine rings is 2. The standard InChI is InChI=1S/C34H46N4O6.C4H4O4/c1-21(2)17-41-29-9-11-35-15-27(29)37-33(39)25-13-26(32(44-20-24(7)8)14-31(25)43-19-23(5)6)34(40)38-28-16-36-12-10-30(28)42-18-22(3)4;5-3(6)1-2-4(7)8/h9-16,21-24H,17-20H2,1-8H3,(H,37,39)(H,38,40);1-2H,(H,5,6)(H,7,8)/b;2-1+. The van der Waals surface area contributed by atoms with Crippen LogP contribution in [-0.2, 0) is 9.59 Å². The molecule has 14 nitrogen and oxygen atoms in total. The van der Waals surface area contributed by atoms with Gasteiger partial charge in [0.15, 0.2) is 18.1 Å². The summed E-state index contributed by atoms with van der Waals surface area (Å²) in [4.78, 5) is 53.7. The predicted octanol–water partition coefficient (Wildman–Crippen LogP) is 4.92. The Kier molecular flexibility index (Phi) is 17.6. The van der Waals surface area contributed by atoms with Gasteiger partial charge in [-0.05, 0) is 35.8 Å². The largest absolute Gasteiger partial charge is 0.545 e. The van der Waals surface area contributed by atoms with Gasteiger partial charge in [0.05, 0.1) is 49.7 Å². The van der Waals surface area contributed by atoms with Gasteiger partial charge in [-0.25, -0.2) is 9.78 Å². The minimum atomic E-state index is -1.51. The molecule has 14 heteroatoms. The number of aromatic nitrogens is 2. The first-order valence-electron chi connectivity index (χ1n) is 16.9. The van der Waals surface area contributed by atoms with E-state index in [0.717, 1.165) is 0 Å². The van der Waals surface area contributed by atoms with Crippen LogP contribution in [0.25, 0.3) is 0 Å². The van der Waals surface area contributed by atoms with E-state index in [2.05, 4.69) is 20.6 Å². The lowest BCUT2D eigenvalue weighted by atomic mass is 10.1. The van der Waals surface area contributed by atoms with Crippen molar-refractivity contribution in [1.82, 2.24) is 4.98 Å². The summed E-state index contributed by atoms with van der Waals surface area (Å²) >= 11 is 0. The van der Waals surface area contributed by atoms with Gasteiger partial charge in [-0.2, -0.15) is 0 Å². The van der Waals surface area contributed by atoms with Crippen LogP contribution < -0.4 is 39.7 Å². The fourth-order valence-corrected chi connectivity index (χ4v) is 3.94. The fourth-order valence-electron chi connectivity index (χ4n) is 3.94. The van der Waals surface area contributed by atoms with E-state index in [-0.39, 0.29) is 23.0 Å². The van der Waals surface area contributed by atoms with Gasteiger partial charge in [-0.15, -0.1) is 0 Å². The Morgan fingerprint density at radius 1 is 0.712 bits per heavy atom. The lowest BCUT2D eigenvalue weighted by Crippen LogP contribution is -2.21. The Hall–Kier alpha value is -5.66. The normalized spacial score (nSPS) is 10.9. The van der Waals surface area contributed by atoms with Crippen molar-refractivity contribution in [3.63, 3.8) is 0 Å². The summed E-state index contributed by atoms with van der Waals surface area (Å²) in [6.07, 6.45) is 7.45. The topological polar surface area (TPSA) is 200 Å². The Bertz CT molecular complexity index is 1550. The van der Waals surface area contributed by atoms with Crippen LogP contribution in [0.3, 0.4) is 0 Å². The molecule has 3 rings (SSSR count). The molecule has 0 spiro atoms. The lowest BCUT2D eigenvalue weighted by Gasteiger charge is -2.19. The fraction of sp³-hybridized carbons (Fsp3) is 0.421. The van der Waals surface area contributed by atoms with Crippen LogP contribution in [0.1, 0.15) is 76.1 Å². The molecule has 1 aromatic carbocycles. The summed E-state index contributed by atoms with van der Waals surface area (Å²) in [5.41, 5.74) is 1.21. The van der Waals surface area contributed by atoms with Crippen LogP contribution >= 0.6 is 0 Å². The number of H-pyrrole nitrogens is 1. The lowest BCUT2D eigenvalue weighted by molar-refractivity contribution is -0.377. The zero-order valence-corrected chi connectivity index (χ0v) is 31.0. The van der Waals surface area contributed by atoms with E-state index in [1.165, 1.54) is 12.3 Å². The average Bonchev–Trinajstić information content (AvgIpc) is 3.08. The van der Waals surface area contributed by atoms with Crippen molar-refractivity contribution in [3.8, 4) is 23.0 Å². The van der Waals surface area contributed by atoms with Crippen molar-refractivity contribution < 1.29 is 53.3 Å². The maximum Gasteiger partial charge on any atom is 0.328 e. The second-order valence-corrected chi connectivity index (χ2v) is 13.4. The summed E-state index contributed by atoms with van der Waals surface area (Å²) < 4.78 is 24.0. The van der Waals surface area contributed by atoms with E-state index in [0.29, 0.717) is 84.8 Å². The van der Waals surface area contributed by atoms with Gasteiger partial charge in [0, 0.05) is 30.5 Å². The van der Waals surface area contributed by atoms with Gasteiger partial charge in [-0.1, -0.05) is 55.4 Å². The highest BCUT2D eigenvalue weighted by molar-refractivity contribution is 6.12. The van der Waals surface area contributed by atoms with Gasteiger partial charge in [0.2, 0.25) is 0 Å². The number of benzene rings is 1. The predicted molar refractivity (Wildman–Crippen MR) is 193 cm³/mol. The van der Waals surface area contributed by atoms with Crippen molar-refractivity contribution in [3.05, 3.63) is 72.3 Å². The van der Waals surface area contributed by atoms with E-state index < -0.39 is 23.8 Å². The quantitative estimate of drug-likeness (QED) is 0.151. The molecule has 0 saturated carbocycles. The maximum atomic E-state index is 13.8. The van der Waals surface area contributed by atoms with E-state index in [1.54, 1.807) is 36.8 Å². The van der Waals surface area contributed by atoms with E-state index in [4.69, 9.17) is 24.1 Å². The second kappa shape index (κ2) is 21.5. The number of hydrogen-bond donors (Lipinski definition) is 3. The molecule has 0 fully saturated rings. The molecular weight excluding hydrogens is 672 g/mol. The molecule has 0 aliphatic heterocycles. The first-order valence-corrected chi connectivity index (χ1v) is 16.9. The number of amides is 2. The summed E-state index contributed by atoms with van der Waals surface area (Å²) in [5.74, 6) is -1.14. The number of carboxylic acids is 2. The summed E-state index contributed by atoms with van der Waals surface area (Å²) in [6, 6.07) is 6.57. The number of nitrogens with zero attached hydrogens (tertiary/aromatic N) is 1. The average molecular weight is 723 g/mol. The van der Waals surface area contributed by atoms with E-state index in [1.807, 2.05) is 55.4 Å². The van der Waals surface area contributed by atoms with Crippen molar-refractivity contribution >= 4 is 35.1 Å². The Morgan fingerprint density at radius 2 is 1.17 bits per heavy atom. The molecule has 3 aromatic rings. The highest BCUT2D eigenvalue weighted by atomic mass is 16.5. The monoisotopic (exact) mass is 722 g/mol. The van der Waals surface area contributed by atoms with Gasteiger partial charge >= 0.3 is 5.97 Å². The van der Waals surface area contributed by atoms with Crippen LogP contribution in [0.15, 0.2) is 61.2 Å². The number of aromatic amines is 1. The van der Waals surface area contributed by atoms with Crippen molar-refractivity contribution in [2.75, 3.05) is 37.1 Å². The highest BCUT2D eigenvalue weighted by Gasteiger charge is 2.24. The second-order valence-electron chi connectivity index (χ2n) is 13.4. The number of rotatable bonds is 18. The molecule has 0 atom stereocenters. The molecule has 2 heterocycles. The number of nitrogens with one attached hydrogen (secondary N) is 3. The molecule has 0 saturated heterocycles. The molecule has 282 valence electrons. The van der Waals surface area contributed by atoms with E-state index >= 15 is 0 Å². The summed E-state index contributed by atoms with van der Waals surface area (Å²) in [5, 5.41) is 23.0. The van der Waals surface area contributed by atoms with Crippen LogP contribution in [0, 0.1) is 23.7 Å². The minimum absolute atomic E-state index is 0.169. The number of anilines is 2. The smallest absolute Gasteiger partial charge is 0.328 e. The third-order valence-electron chi connectivity index (χ3n) is 6.32. The molecule has 0 bridgehead atoms. The number of ether oxygens (including phenoxy) is 4. The number of carbonyl (C=O) groups is 4. The maximum absolute atomic E-state index is 13.8. The Labute approximate surface area is 304 Å². The number of carboxylic acid groups (broad SMARTS) is 2.